The van der Waals surface area contributed by atoms with Crippen molar-refractivity contribution in [1.82, 2.24) is 10.3 Å². The molecule has 0 radical (unpaired) electrons. The van der Waals surface area contributed by atoms with Crippen molar-refractivity contribution in [1.29, 1.82) is 0 Å². The van der Waals surface area contributed by atoms with Gasteiger partial charge in [0.05, 0.1) is 24.5 Å². The summed E-state index contributed by atoms with van der Waals surface area (Å²) in [5.74, 6) is 0.870. The van der Waals surface area contributed by atoms with E-state index < -0.39 is 0 Å². The number of hydrogen-bond donors (Lipinski definition) is 2. The minimum Gasteiger partial charge on any atom is -0.475 e. The number of aromatic nitrogens is 1. The monoisotopic (exact) mass is 293 g/mol. The third-order valence-corrected chi connectivity index (χ3v) is 3.59. The van der Waals surface area contributed by atoms with Crippen molar-refractivity contribution in [3.8, 4) is 5.88 Å². The van der Waals surface area contributed by atoms with E-state index in [1.54, 1.807) is 25.4 Å². The maximum absolute atomic E-state index is 12.2. The minimum atomic E-state index is -0.128. The van der Waals surface area contributed by atoms with Gasteiger partial charge in [-0.1, -0.05) is 6.92 Å². The van der Waals surface area contributed by atoms with Crippen LogP contribution < -0.4 is 15.4 Å². The molecule has 1 aromatic rings. The van der Waals surface area contributed by atoms with Crippen molar-refractivity contribution in [2.75, 3.05) is 32.2 Å². The van der Waals surface area contributed by atoms with Gasteiger partial charge in [-0.3, -0.25) is 4.79 Å². The topological polar surface area (TPSA) is 72.5 Å². The van der Waals surface area contributed by atoms with E-state index in [9.17, 15) is 4.79 Å². The van der Waals surface area contributed by atoms with Crippen LogP contribution >= 0.6 is 0 Å². The molecule has 2 rings (SSSR count). The Morgan fingerprint density at radius 2 is 2.33 bits per heavy atom. The van der Waals surface area contributed by atoms with Crippen LogP contribution in [-0.4, -0.2) is 43.8 Å². The van der Waals surface area contributed by atoms with Crippen molar-refractivity contribution in [3.63, 3.8) is 0 Å². The zero-order valence-electron chi connectivity index (χ0n) is 12.6. The normalized spacial score (nSPS) is 21.8. The molecule has 2 atom stereocenters. The predicted molar refractivity (Wildman–Crippen MR) is 80.4 cm³/mol. The number of nitrogens with one attached hydrogen (secondary N) is 2. The van der Waals surface area contributed by atoms with E-state index in [1.165, 1.54) is 0 Å². The molecule has 1 aliphatic rings. The van der Waals surface area contributed by atoms with Gasteiger partial charge in [0.1, 0.15) is 6.61 Å². The number of hydrogen-bond acceptors (Lipinski definition) is 5. The van der Waals surface area contributed by atoms with Crippen LogP contribution in [0.4, 0.5) is 5.69 Å². The summed E-state index contributed by atoms with van der Waals surface area (Å²) >= 11 is 0. The highest BCUT2D eigenvalue weighted by molar-refractivity contribution is 5.95. The third kappa shape index (κ3) is 4.68. The summed E-state index contributed by atoms with van der Waals surface area (Å²) in [4.78, 5) is 16.4. The highest BCUT2D eigenvalue weighted by atomic mass is 16.5. The molecule has 1 saturated heterocycles. The largest absolute Gasteiger partial charge is 0.475 e. The van der Waals surface area contributed by atoms with Crippen LogP contribution in [0.1, 0.15) is 19.8 Å². The molecule has 2 N–H and O–H groups in total. The third-order valence-electron chi connectivity index (χ3n) is 3.59. The quantitative estimate of drug-likeness (QED) is 0.776. The number of nitrogens with zero attached hydrogens (tertiary/aromatic N) is 1. The van der Waals surface area contributed by atoms with Gasteiger partial charge in [-0.05, 0) is 31.4 Å². The van der Waals surface area contributed by atoms with E-state index in [0.29, 0.717) is 30.7 Å². The number of carbonyl (C=O) groups is 1. The molecule has 116 valence electrons. The number of anilines is 1. The molecular formula is C15H23N3O3. The van der Waals surface area contributed by atoms with Gasteiger partial charge in [0.2, 0.25) is 11.8 Å². The molecule has 1 aromatic heterocycles. The van der Waals surface area contributed by atoms with E-state index in [0.717, 1.165) is 19.4 Å². The molecule has 21 heavy (non-hydrogen) atoms. The molecule has 0 spiro atoms. The van der Waals surface area contributed by atoms with Gasteiger partial charge < -0.3 is 20.1 Å². The number of carbonyl (C=O) groups excluding carboxylic acids is 1. The van der Waals surface area contributed by atoms with Crippen molar-refractivity contribution in [3.05, 3.63) is 18.3 Å². The zero-order chi connectivity index (χ0) is 15.1. The Kier molecular flexibility index (Phi) is 5.95. The second-order valence-electron chi connectivity index (χ2n) is 5.27. The highest BCUT2D eigenvalue weighted by Crippen LogP contribution is 2.18. The SMILES string of the molecule is COCCOc1ccc(NC(=O)C2NCCCC2C)cn1. The lowest BCUT2D eigenvalue weighted by Crippen LogP contribution is -2.48. The average molecular weight is 293 g/mol. The first kappa shape index (κ1) is 15.7. The van der Waals surface area contributed by atoms with E-state index in [4.69, 9.17) is 9.47 Å². The first-order chi connectivity index (χ1) is 10.2. The maximum Gasteiger partial charge on any atom is 0.241 e. The molecule has 1 aliphatic heterocycles. The van der Waals surface area contributed by atoms with Gasteiger partial charge in [-0.2, -0.15) is 0 Å². The summed E-state index contributed by atoms with van der Waals surface area (Å²) < 4.78 is 10.3. The van der Waals surface area contributed by atoms with Gasteiger partial charge in [0.15, 0.2) is 0 Å². The Bertz CT molecular complexity index is 450. The lowest BCUT2D eigenvalue weighted by atomic mass is 9.92. The number of amides is 1. The zero-order valence-corrected chi connectivity index (χ0v) is 12.6. The average Bonchev–Trinajstić information content (AvgIpc) is 2.49. The summed E-state index contributed by atoms with van der Waals surface area (Å²) in [5, 5.41) is 6.16. The lowest BCUT2D eigenvalue weighted by molar-refractivity contribution is -0.119. The number of ether oxygens (including phenoxy) is 2. The van der Waals surface area contributed by atoms with E-state index in [2.05, 4.69) is 22.5 Å². The molecular weight excluding hydrogens is 270 g/mol. The Labute approximate surface area is 125 Å². The summed E-state index contributed by atoms with van der Waals surface area (Å²) in [6.45, 7) is 3.97. The molecule has 0 bridgehead atoms. The van der Waals surface area contributed by atoms with Gasteiger partial charge in [-0.25, -0.2) is 4.98 Å². The first-order valence-electron chi connectivity index (χ1n) is 7.32. The number of rotatable bonds is 6. The maximum atomic E-state index is 12.2. The minimum absolute atomic E-state index is 0.00273. The van der Waals surface area contributed by atoms with Crippen molar-refractivity contribution in [2.45, 2.75) is 25.8 Å². The fourth-order valence-electron chi connectivity index (χ4n) is 2.39. The van der Waals surface area contributed by atoms with Gasteiger partial charge >= 0.3 is 0 Å². The molecule has 1 fully saturated rings. The Morgan fingerprint density at radius 1 is 1.48 bits per heavy atom. The molecule has 6 heteroatoms. The molecule has 0 saturated carbocycles. The van der Waals surface area contributed by atoms with Crippen LogP contribution in [0, 0.1) is 5.92 Å². The Hall–Kier alpha value is -1.66. The number of pyridine rings is 1. The van der Waals surface area contributed by atoms with Crippen LogP contribution in [0.25, 0.3) is 0 Å². The molecule has 2 unspecified atom stereocenters. The van der Waals surface area contributed by atoms with Crippen LogP contribution in [0.15, 0.2) is 18.3 Å². The second-order valence-corrected chi connectivity index (χ2v) is 5.27. The summed E-state index contributed by atoms with van der Waals surface area (Å²) in [6.07, 6.45) is 3.81. The van der Waals surface area contributed by atoms with Gasteiger partial charge in [0.25, 0.3) is 0 Å². The molecule has 0 aliphatic carbocycles. The fourth-order valence-corrected chi connectivity index (χ4v) is 2.39. The molecule has 1 amide bonds. The molecule has 6 nitrogen and oxygen atoms in total. The Balaban J connectivity index is 1.86. The van der Waals surface area contributed by atoms with E-state index >= 15 is 0 Å². The second kappa shape index (κ2) is 7.95. The highest BCUT2D eigenvalue weighted by Gasteiger charge is 2.27. The van der Waals surface area contributed by atoms with Crippen LogP contribution in [0.5, 0.6) is 5.88 Å². The predicted octanol–water partition coefficient (Wildman–Crippen LogP) is 1.43. The molecule has 2 heterocycles. The van der Waals surface area contributed by atoms with Crippen molar-refractivity contribution < 1.29 is 14.3 Å². The first-order valence-corrected chi connectivity index (χ1v) is 7.32. The smallest absolute Gasteiger partial charge is 0.241 e. The summed E-state index contributed by atoms with van der Waals surface area (Å²) in [7, 11) is 1.62. The van der Waals surface area contributed by atoms with Crippen molar-refractivity contribution in [2.24, 2.45) is 5.92 Å². The van der Waals surface area contributed by atoms with E-state index in [1.807, 2.05) is 0 Å². The van der Waals surface area contributed by atoms with E-state index in [-0.39, 0.29) is 11.9 Å². The number of methoxy groups -OCH3 is 1. The van der Waals surface area contributed by atoms with Gasteiger partial charge in [0, 0.05) is 13.2 Å². The van der Waals surface area contributed by atoms with Gasteiger partial charge in [-0.15, -0.1) is 0 Å². The summed E-state index contributed by atoms with van der Waals surface area (Å²) in [5.41, 5.74) is 0.679. The van der Waals surface area contributed by atoms with Crippen LogP contribution in [0.2, 0.25) is 0 Å². The standard InChI is InChI=1S/C15H23N3O3/c1-11-4-3-7-16-14(11)15(19)18-12-5-6-13(17-10-12)21-9-8-20-2/h5-6,10-11,14,16H,3-4,7-9H2,1-2H3,(H,18,19). The van der Waals surface area contributed by atoms with Crippen LogP contribution in [-0.2, 0) is 9.53 Å². The summed E-state index contributed by atoms with van der Waals surface area (Å²) in [6, 6.07) is 3.40. The fraction of sp³-hybridized carbons (Fsp3) is 0.600. The molecule has 0 aromatic carbocycles. The Morgan fingerprint density at radius 3 is 3.00 bits per heavy atom. The number of piperidine rings is 1. The van der Waals surface area contributed by atoms with Crippen LogP contribution in [0.3, 0.4) is 0 Å². The van der Waals surface area contributed by atoms with Crippen molar-refractivity contribution >= 4 is 11.6 Å². The lowest BCUT2D eigenvalue weighted by Gasteiger charge is -2.28.